The first kappa shape index (κ1) is 20.2. The Balaban J connectivity index is 1.53. The molecule has 2 atom stereocenters. The van der Waals surface area contributed by atoms with Crippen molar-refractivity contribution in [3.8, 4) is 11.5 Å². The van der Waals surface area contributed by atoms with Gasteiger partial charge in [-0.15, -0.1) is 0 Å². The Morgan fingerprint density at radius 2 is 1.79 bits per heavy atom. The van der Waals surface area contributed by atoms with Crippen LogP contribution >= 0.6 is 0 Å². The third-order valence-corrected chi connectivity index (χ3v) is 6.25. The summed E-state index contributed by atoms with van der Waals surface area (Å²) < 4.78 is 25.7. The molecule has 2 aliphatic rings. The quantitative estimate of drug-likeness (QED) is 0.769. The van der Waals surface area contributed by atoms with E-state index in [0.717, 1.165) is 36.4 Å². The van der Waals surface area contributed by atoms with Crippen molar-refractivity contribution in [1.82, 2.24) is 4.90 Å². The molecular formula is C24H30FNO3. The number of benzene rings is 2. The van der Waals surface area contributed by atoms with E-state index in [0.29, 0.717) is 18.4 Å². The number of hydrogen-bond donors (Lipinski definition) is 1. The van der Waals surface area contributed by atoms with Gasteiger partial charge in [-0.25, -0.2) is 4.39 Å². The Morgan fingerprint density at radius 1 is 1.10 bits per heavy atom. The van der Waals surface area contributed by atoms with E-state index in [4.69, 9.17) is 9.47 Å². The summed E-state index contributed by atoms with van der Waals surface area (Å²) in [5.74, 6) is 1.18. The van der Waals surface area contributed by atoms with Crippen molar-refractivity contribution in [3.05, 3.63) is 59.4 Å². The fourth-order valence-electron chi connectivity index (χ4n) is 5.01. The van der Waals surface area contributed by atoms with Crippen molar-refractivity contribution in [2.45, 2.75) is 69.9 Å². The van der Waals surface area contributed by atoms with E-state index in [1.807, 2.05) is 19.9 Å². The zero-order valence-electron chi connectivity index (χ0n) is 17.4. The molecule has 2 aromatic rings. The number of rotatable bonds is 6. The van der Waals surface area contributed by atoms with Crippen LogP contribution in [0.15, 0.2) is 42.5 Å². The van der Waals surface area contributed by atoms with E-state index >= 15 is 0 Å². The van der Waals surface area contributed by atoms with Crippen LogP contribution < -0.4 is 9.47 Å². The third kappa shape index (κ3) is 3.99. The van der Waals surface area contributed by atoms with Crippen molar-refractivity contribution in [1.29, 1.82) is 0 Å². The van der Waals surface area contributed by atoms with Crippen molar-refractivity contribution in [2.75, 3.05) is 7.11 Å². The molecule has 2 aliphatic heterocycles. The summed E-state index contributed by atoms with van der Waals surface area (Å²) in [7, 11) is 1.65. The molecule has 156 valence electrons. The van der Waals surface area contributed by atoms with Gasteiger partial charge in [0, 0.05) is 24.2 Å². The highest BCUT2D eigenvalue weighted by Crippen LogP contribution is 2.47. The van der Waals surface area contributed by atoms with Crippen LogP contribution in [-0.2, 0) is 12.1 Å². The third-order valence-electron chi connectivity index (χ3n) is 6.25. The molecule has 0 saturated carbocycles. The van der Waals surface area contributed by atoms with Crippen LogP contribution in [-0.4, -0.2) is 35.3 Å². The van der Waals surface area contributed by atoms with Gasteiger partial charge in [0.1, 0.15) is 5.82 Å². The maximum atomic E-state index is 14.4. The summed E-state index contributed by atoms with van der Waals surface area (Å²) in [6, 6.07) is 13.2. The fraction of sp³-hybridized carbons (Fsp3) is 0.500. The topological polar surface area (TPSA) is 41.9 Å². The number of hydrogen-bond acceptors (Lipinski definition) is 4. The minimum atomic E-state index is -1.08. The summed E-state index contributed by atoms with van der Waals surface area (Å²) in [6.45, 7) is 4.79. The summed E-state index contributed by atoms with van der Waals surface area (Å²) >= 11 is 0. The zero-order valence-corrected chi connectivity index (χ0v) is 17.4. The Hall–Kier alpha value is -2.11. The normalized spacial score (nSPS) is 26.7. The number of aliphatic hydroxyl groups is 1. The van der Waals surface area contributed by atoms with Gasteiger partial charge in [0.25, 0.3) is 0 Å². The SMILES string of the molecule is COc1ccc(CN2[C@H]3CC[C@H]2CC(O)(c2ccccc2F)C3)cc1OC(C)C. The minimum absolute atomic E-state index is 0.0705. The molecule has 0 aromatic heterocycles. The highest BCUT2D eigenvalue weighted by atomic mass is 19.1. The van der Waals surface area contributed by atoms with Crippen molar-refractivity contribution in [3.63, 3.8) is 0 Å². The van der Waals surface area contributed by atoms with Gasteiger partial charge in [-0.05, 0) is 63.3 Å². The molecule has 0 aliphatic carbocycles. The number of fused-ring (bicyclic) bond motifs is 2. The average molecular weight is 400 g/mol. The molecule has 2 heterocycles. The standard InChI is InChI=1S/C24H30FNO3/c1-16(2)29-23-12-17(8-11-22(23)28-3)15-26-18-9-10-19(26)14-24(27,13-18)20-6-4-5-7-21(20)25/h4-8,11-12,16,18-19,27H,9-10,13-15H2,1-3H3/t18-,19-/m0/s1. The fourth-order valence-corrected chi connectivity index (χ4v) is 5.01. The maximum absolute atomic E-state index is 14.4. The number of methoxy groups -OCH3 is 1. The molecule has 1 N–H and O–H groups in total. The molecule has 5 heteroatoms. The summed E-state index contributed by atoms with van der Waals surface area (Å²) in [6.07, 6.45) is 3.27. The largest absolute Gasteiger partial charge is 0.493 e. The second-order valence-electron chi connectivity index (χ2n) is 8.63. The van der Waals surface area contributed by atoms with E-state index < -0.39 is 5.60 Å². The van der Waals surface area contributed by atoms with Gasteiger partial charge < -0.3 is 14.6 Å². The second kappa shape index (κ2) is 7.96. The summed E-state index contributed by atoms with van der Waals surface area (Å²) in [5, 5.41) is 11.3. The lowest BCUT2D eigenvalue weighted by molar-refractivity contribution is -0.0615. The first-order valence-corrected chi connectivity index (χ1v) is 10.5. The molecule has 0 unspecified atom stereocenters. The van der Waals surface area contributed by atoms with E-state index in [9.17, 15) is 9.50 Å². The van der Waals surface area contributed by atoms with Crippen LogP contribution in [0.5, 0.6) is 11.5 Å². The first-order chi connectivity index (χ1) is 13.9. The lowest BCUT2D eigenvalue weighted by Gasteiger charge is -2.44. The minimum Gasteiger partial charge on any atom is -0.493 e. The molecule has 2 aromatic carbocycles. The number of ether oxygens (including phenoxy) is 2. The van der Waals surface area contributed by atoms with Crippen LogP contribution in [0.3, 0.4) is 0 Å². The molecule has 2 saturated heterocycles. The van der Waals surface area contributed by atoms with Crippen molar-refractivity contribution < 1.29 is 19.0 Å². The Bertz CT molecular complexity index is 855. The molecule has 0 spiro atoms. The Morgan fingerprint density at radius 3 is 2.41 bits per heavy atom. The van der Waals surface area contributed by atoms with E-state index in [1.54, 1.807) is 25.3 Å². The van der Waals surface area contributed by atoms with Gasteiger partial charge >= 0.3 is 0 Å². The average Bonchev–Trinajstić information content (AvgIpc) is 2.92. The van der Waals surface area contributed by atoms with Crippen LogP contribution in [0.25, 0.3) is 0 Å². The molecule has 0 amide bonds. The van der Waals surface area contributed by atoms with Gasteiger partial charge in [0.2, 0.25) is 0 Å². The molecular weight excluding hydrogens is 369 g/mol. The molecule has 2 fully saturated rings. The van der Waals surface area contributed by atoms with E-state index in [2.05, 4.69) is 17.0 Å². The molecule has 2 bridgehead atoms. The second-order valence-corrected chi connectivity index (χ2v) is 8.63. The lowest BCUT2D eigenvalue weighted by Crippen LogP contribution is -2.49. The maximum Gasteiger partial charge on any atom is 0.161 e. The smallest absolute Gasteiger partial charge is 0.161 e. The zero-order chi connectivity index (χ0) is 20.6. The summed E-state index contributed by atoms with van der Waals surface area (Å²) in [5.41, 5.74) is 0.516. The van der Waals surface area contributed by atoms with Crippen molar-refractivity contribution in [2.24, 2.45) is 0 Å². The molecule has 4 rings (SSSR count). The lowest BCUT2D eigenvalue weighted by atomic mass is 9.80. The highest BCUT2D eigenvalue weighted by Gasteiger charge is 2.48. The Labute approximate surface area is 172 Å². The van der Waals surface area contributed by atoms with Gasteiger partial charge in [0.05, 0.1) is 18.8 Å². The number of halogens is 1. The Kier molecular flexibility index (Phi) is 5.54. The molecule has 0 radical (unpaired) electrons. The van der Waals surface area contributed by atoms with Gasteiger partial charge in [-0.1, -0.05) is 24.3 Å². The molecule has 29 heavy (non-hydrogen) atoms. The van der Waals surface area contributed by atoms with E-state index in [1.165, 1.54) is 6.07 Å². The number of piperidine rings is 1. The van der Waals surface area contributed by atoms with Gasteiger partial charge in [0.15, 0.2) is 11.5 Å². The number of nitrogens with zero attached hydrogens (tertiary/aromatic N) is 1. The first-order valence-electron chi connectivity index (χ1n) is 10.5. The monoisotopic (exact) mass is 399 g/mol. The predicted molar refractivity (Wildman–Crippen MR) is 111 cm³/mol. The molecule has 4 nitrogen and oxygen atoms in total. The van der Waals surface area contributed by atoms with Crippen LogP contribution in [0.2, 0.25) is 0 Å². The van der Waals surface area contributed by atoms with Crippen molar-refractivity contribution >= 4 is 0 Å². The summed E-state index contributed by atoms with van der Waals surface area (Å²) in [4.78, 5) is 2.47. The van der Waals surface area contributed by atoms with Crippen LogP contribution in [0.4, 0.5) is 4.39 Å². The van der Waals surface area contributed by atoms with Gasteiger partial charge in [-0.2, -0.15) is 0 Å². The van der Waals surface area contributed by atoms with Crippen LogP contribution in [0.1, 0.15) is 50.7 Å². The van der Waals surface area contributed by atoms with E-state index in [-0.39, 0.29) is 24.0 Å². The van der Waals surface area contributed by atoms with Gasteiger partial charge in [-0.3, -0.25) is 4.90 Å². The highest BCUT2D eigenvalue weighted by molar-refractivity contribution is 5.43. The van der Waals surface area contributed by atoms with Crippen LogP contribution in [0, 0.1) is 5.82 Å². The predicted octanol–water partition coefficient (Wildman–Crippen LogP) is 4.64.